The van der Waals surface area contributed by atoms with Gasteiger partial charge in [0.15, 0.2) is 11.5 Å². The molecule has 0 saturated carbocycles. The summed E-state index contributed by atoms with van der Waals surface area (Å²) in [7, 11) is 0. The van der Waals surface area contributed by atoms with E-state index in [9.17, 15) is 9.18 Å². The van der Waals surface area contributed by atoms with Gasteiger partial charge in [0.2, 0.25) is 0 Å². The highest BCUT2D eigenvalue weighted by Crippen LogP contribution is 2.30. The molecule has 0 saturated heterocycles. The molecule has 0 atom stereocenters. The Balaban J connectivity index is 1.91. The smallest absolute Gasteiger partial charge is 0.277 e. The Bertz CT molecular complexity index is 843. The van der Waals surface area contributed by atoms with Gasteiger partial charge in [0.1, 0.15) is 15.7 Å². The Kier molecular flexibility index (Phi) is 3.55. The molecule has 0 aliphatic rings. The molecule has 0 radical (unpaired) electrons. The number of thiazole rings is 1. The number of carbonyl (C=O) groups excluding carboxylic acids is 1. The predicted octanol–water partition coefficient (Wildman–Crippen LogP) is 2.21. The summed E-state index contributed by atoms with van der Waals surface area (Å²) in [6.07, 6.45) is 2.93. The Morgan fingerprint density at radius 2 is 2.32 bits per heavy atom. The first-order valence-corrected chi connectivity index (χ1v) is 7.06. The molecule has 3 heterocycles. The van der Waals surface area contributed by atoms with Crippen molar-refractivity contribution in [3.63, 3.8) is 0 Å². The minimum absolute atomic E-state index is 0.0330. The molecule has 7 nitrogen and oxygen atoms in total. The number of aromatic amines is 1. The van der Waals surface area contributed by atoms with Gasteiger partial charge in [-0.1, -0.05) is 11.3 Å². The van der Waals surface area contributed by atoms with Crippen molar-refractivity contribution in [2.24, 2.45) is 0 Å². The maximum Gasteiger partial charge on any atom is 0.277 e. The summed E-state index contributed by atoms with van der Waals surface area (Å²) in [6, 6.07) is 2.75. The summed E-state index contributed by atoms with van der Waals surface area (Å²) >= 11 is 1.01. The highest BCUT2D eigenvalue weighted by atomic mass is 32.1. The van der Waals surface area contributed by atoms with Crippen molar-refractivity contribution in [3.8, 4) is 10.7 Å². The number of nitrogens with one attached hydrogen (secondary N) is 2. The van der Waals surface area contributed by atoms with Crippen LogP contribution in [0, 0.1) is 12.7 Å². The van der Waals surface area contributed by atoms with Gasteiger partial charge in [-0.05, 0) is 19.1 Å². The summed E-state index contributed by atoms with van der Waals surface area (Å²) in [6.45, 7) is 1.77. The van der Waals surface area contributed by atoms with Crippen LogP contribution in [-0.2, 0) is 0 Å². The van der Waals surface area contributed by atoms with Gasteiger partial charge < -0.3 is 11.1 Å². The number of pyridine rings is 1. The zero-order valence-corrected chi connectivity index (χ0v) is 12.2. The zero-order chi connectivity index (χ0) is 15.7. The Hall–Kier alpha value is -2.81. The molecule has 3 rings (SSSR count). The molecule has 0 aliphatic carbocycles. The molecule has 3 aromatic rings. The molecule has 0 bridgehead atoms. The number of aryl methyl sites for hydroxylation is 1. The Morgan fingerprint density at radius 1 is 1.50 bits per heavy atom. The molecule has 112 valence electrons. The minimum Gasteiger partial charge on any atom is -0.389 e. The van der Waals surface area contributed by atoms with Crippen LogP contribution in [0.1, 0.15) is 16.2 Å². The van der Waals surface area contributed by atoms with Crippen molar-refractivity contribution in [1.29, 1.82) is 0 Å². The van der Waals surface area contributed by atoms with E-state index in [0.717, 1.165) is 11.3 Å². The number of carbonyl (C=O) groups is 1. The number of anilines is 2. The fourth-order valence-electron chi connectivity index (χ4n) is 1.80. The lowest BCUT2D eigenvalue weighted by Gasteiger charge is -2.01. The average molecular weight is 318 g/mol. The van der Waals surface area contributed by atoms with E-state index in [4.69, 9.17) is 5.73 Å². The lowest BCUT2D eigenvalue weighted by atomic mass is 10.3. The normalized spacial score (nSPS) is 10.6. The van der Waals surface area contributed by atoms with Crippen LogP contribution in [0.25, 0.3) is 10.7 Å². The maximum absolute atomic E-state index is 13.7. The quantitative estimate of drug-likeness (QED) is 0.686. The van der Waals surface area contributed by atoms with E-state index >= 15 is 0 Å². The lowest BCUT2D eigenvalue weighted by Crippen LogP contribution is -2.14. The third-order valence-electron chi connectivity index (χ3n) is 2.91. The first-order valence-electron chi connectivity index (χ1n) is 6.24. The van der Waals surface area contributed by atoms with Crippen LogP contribution in [0.15, 0.2) is 24.5 Å². The van der Waals surface area contributed by atoms with E-state index in [2.05, 4.69) is 25.5 Å². The van der Waals surface area contributed by atoms with Crippen molar-refractivity contribution < 1.29 is 9.18 Å². The Labute approximate surface area is 128 Å². The number of hydrogen-bond acceptors (Lipinski definition) is 6. The SMILES string of the molecule is Cc1[nH]ncc1NC(=O)c1nc(-c2ncccc2F)sc1N. The van der Waals surface area contributed by atoms with E-state index in [1.807, 2.05) is 0 Å². The minimum atomic E-state index is -0.520. The molecule has 0 aromatic carbocycles. The van der Waals surface area contributed by atoms with Crippen LogP contribution in [0.2, 0.25) is 0 Å². The predicted molar refractivity (Wildman–Crippen MR) is 81.0 cm³/mol. The van der Waals surface area contributed by atoms with Gasteiger partial charge >= 0.3 is 0 Å². The van der Waals surface area contributed by atoms with Gasteiger partial charge in [0.25, 0.3) is 5.91 Å². The lowest BCUT2D eigenvalue weighted by molar-refractivity contribution is 0.102. The number of H-pyrrole nitrogens is 1. The average Bonchev–Trinajstić information content (AvgIpc) is 3.06. The second kappa shape index (κ2) is 5.53. The molecule has 0 fully saturated rings. The van der Waals surface area contributed by atoms with Gasteiger partial charge in [-0.25, -0.2) is 9.37 Å². The third-order valence-corrected chi connectivity index (χ3v) is 3.80. The van der Waals surface area contributed by atoms with Crippen LogP contribution >= 0.6 is 11.3 Å². The van der Waals surface area contributed by atoms with Crippen molar-refractivity contribution in [2.45, 2.75) is 6.92 Å². The van der Waals surface area contributed by atoms with Crippen LogP contribution in [-0.4, -0.2) is 26.1 Å². The topological polar surface area (TPSA) is 110 Å². The molecule has 0 unspecified atom stereocenters. The van der Waals surface area contributed by atoms with Gasteiger partial charge in [-0.3, -0.25) is 14.9 Å². The highest BCUT2D eigenvalue weighted by molar-refractivity contribution is 7.19. The number of nitrogens with zero attached hydrogens (tertiary/aromatic N) is 3. The van der Waals surface area contributed by atoms with Gasteiger partial charge in [-0.2, -0.15) is 5.10 Å². The summed E-state index contributed by atoms with van der Waals surface area (Å²) < 4.78 is 13.7. The Morgan fingerprint density at radius 3 is 3.00 bits per heavy atom. The number of hydrogen-bond donors (Lipinski definition) is 3. The number of aromatic nitrogens is 4. The van der Waals surface area contributed by atoms with Crippen LogP contribution < -0.4 is 11.1 Å². The van der Waals surface area contributed by atoms with Crippen molar-refractivity contribution in [1.82, 2.24) is 20.2 Å². The summed E-state index contributed by atoms with van der Waals surface area (Å²) in [5.74, 6) is -1.00. The molecule has 3 aromatic heterocycles. The van der Waals surface area contributed by atoms with E-state index in [0.29, 0.717) is 11.4 Å². The van der Waals surface area contributed by atoms with Crippen molar-refractivity contribution in [2.75, 3.05) is 11.1 Å². The first kappa shape index (κ1) is 14.1. The van der Waals surface area contributed by atoms with E-state index in [1.54, 1.807) is 6.92 Å². The van der Waals surface area contributed by atoms with Crippen LogP contribution in [0.5, 0.6) is 0 Å². The molecular weight excluding hydrogens is 307 g/mol. The zero-order valence-electron chi connectivity index (χ0n) is 11.4. The first-order chi connectivity index (χ1) is 10.6. The summed E-state index contributed by atoms with van der Waals surface area (Å²) in [5.41, 5.74) is 7.16. The van der Waals surface area contributed by atoms with E-state index in [-0.39, 0.29) is 21.4 Å². The van der Waals surface area contributed by atoms with Crippen molar-refractivity contribution >= 4 is 27.9 Å². The van der Waals surface area contributed by atoms with E-state index in [1.165, 1.54) is 24.5 Å². The standard InChI is InChI=1S/C13H11FN6OS/c1-6-8(5-17-20-6)18-12(21)10-11(15)22-13(19-10)9-7(14)3-2-4-16-9/h2-5H,15H2,1H3,(H,17,20)(H,18,21). The van der Waals surface area contributed by atoms with Gasteiger partial charge in [-0.15, -0.1) is 0 Å². The number of rotatable bonds is 3. The largest absolute Gasteiger partial charge is 0.389 e. The molecule has 4 N–H and O–H groups in total. The molecular formula is C13H11FN6OS. The second-order valence-electron chi connectivity index (χ2n) is 4.43. The number of nitrogen functional groups attached to an aromatic ring is 1. The molecule has 9 heteroatoms. The maximum atomic E-state index is 13.7. The molecule has 22 heavy (non-hydrogen) atoms. The second-order valence-corrected chi connectivity index (χ2v) is 5.46. The number of amides is 1. The molecule has 0 aliphatic heterocycles. The van der Waals surface area contributed by atoms with Crippen LogP contribution in [0.4, 0.5) is 15.1 Å². The van der Waals surface area contributed by atoms with Gasteiger partial charge in [0.05, 0.1) is 17.6 Å². The fourth-order valence-corrected chi connectivity index (χ4v) is 2.62. The fraction of sp³-hybridized carbons (Fsp3) is 0.0769. The molecule has 0 spiro atoms. The molecule has 1 amide bonds. The van der Waals surface area contributed by atoms with Crippen molar-refractivity contribution in [3.05, 3.63) is 41.7 Å². The number of nitrogens with two attached hydrogens (primary N) is 1. The van der Waals surface area contributed by atoms with Crippen LogP contribution in [0.3, 0.4) is 0 Å². The summed E-state index contributed by atoms with van der Waals surface area (Å²) in [4.78, 5) is 20.2. The van der Waals surface area contributed by atoms with E-state index < -0.39 is 11.7 Å². The highest BCUT2D eigenvalue weighted by Gasteiger charge is 2.20. The number of halogens is 1. The third kappa shape index (κ3) is 2.53. The van der Waals surface area contributed by atoms with Gasteiger partial charge in [0, 0.05) is 6.20 Å². The summed E-state index contributed by atoms with van der Waals surface area (Å²) in [5, 5.41) is 9.60. The monoisotopic (exact) mass is 318 g/mol.